The third-order valence-corrected chi connectivity index (χ3v) is 10.7. The van der Waals surface area contributed by atoms with Crippen molar-refractivity contribution in [3.05, 3.63) is 53.9 Å². The molecule has 1 spiro atoms. The smallest absolute Gasteiger partial charge is 0.223 e. The molecule has 2 bridgehead atoms. The van der Waals surface area contributed by atoms with E-state index in [1.54, 1.807) is 6.20 Å². The zero-order chi connectivity index (χ0) is 19.0. The predicted molar refractivity (Wildman–Crippen MR) is 116 cm³/mol. The molecular weight excluding hydrogens is 386 g/mol. The average molecular weight is 414 g/mol. The summed E-state index contributed by atoms with van der Waals surface area (Å²) >= 11 is 4.39. The maximum atomic E-state index is 12.8. The second-order valence-corrected chi connectivity index (χ2v) is 11.3. The summed E-state index contributed by atoms with van der Waals surface area (Å²) in [6, 6.07) is 10.4. The highest BCUT2D eigenvalue weighted by atomic mass is 32.2. The summed E-state index contributed by atoms with van der Waals surface area (Å²) in [6.07, 6.45) is 8.60. The van der Waals surface area contributed by atoms with Crippen LogP contribution in [0, 0.1) is 17.8 Å². The lowest BCUT2D eigenvalue weighted by atomic mass is 9.79. The quantitative estimate of drug-likeness (QED) is 0.800. The van der Waals surface area contributed by atoms with E-state index < -0.39 is 0 Å². The SMILES string of the molecule is O=C(NCc1ccc(Cn2cccn2)cc1)C1C[C@H]2CC[C@@H](C1)C21SCCS1. The summed E-state index contributed by atoms with van der Waals surface area (Å²) in [5, 5.41) is 7.46. The number of aromatic nitrogens is 2. The number of amides is 1. The minimum atomic E-state index is 0.212. The van der Waals surface area contributed by atoms with Gasteiger partial charge in [0.25, 0.3) is 0 Å². The number of benzene rings is 1. The zero-order valence-electron chi connectivity index (χ0n) is 16.0. The number of carbonyl (C=O) groups excluding carboxylic acids is 1. The molecule has 1 aromatic heterocycles. The van der Waals surface area contributed by atoms with Crippen LogP contribution in [0.4, 0.5) is 0 Å². The normalized spacial score (nSPS) is 27.9. The van der Waals surface area contributed by atoms with Crippen LogP contribution in [-0.4, -0.2) is 31.3 Å². The van der Waals surface area contributed by atoms with Gasteiger partial charge in [-0.1, -0.05) is 24.3 Å². The first kappa shape index (κ1) is 18.6. The van der Waals surface area contributed by atoms with E-state index in [9.17, 15) is 4.79 Å². The maximum absolute atomic E-state index is 12.8. The van der Waals surface area contributed by atoms with E-state index in [1.165, 1.54) is 29.9 Å². The summed E-state index contributed by atoms with van der Waals surface area (Å²) in [5.74, 6) is 4.54. The minimum Gasteiger partial charge on any atom is -0.352 e. The van der Waals surface area contributed by atoms with Crippen molar-refractivity contribution in [2.24, 2.45) is 17.8 Å². The molecule has 1 saturated heterocycles. The Kier molecular flexibility index (Phi) is 5.18. The van der Waals surface area contributed by atoms with Gasteiger partial charge in [-0.2, -0.15) is 5.10 Å². The number of carbonyl (C=O) groups is 1. The van der Waals surface area contributed by atoms with E-state index in [-0.39, 0.29) is 11.8 Å². The fourth-order valence-electron chi connectivity index (χ4n) is 5.29. The Morgan fingerprint density at radius 2 is 1.79 bits per heavy atom. The molecule has 5 rings (SSSR count). The van der Waals surface area contributed by atoms with Gasteiger partial charge in [-0.05, 0) is 54.7 Å². The van der Waals surface area contributed by atoms with E-state index in [2.05, 4.69) is 58.2 Å². The molecule has 4 nitrogen and oxygen atoms in total. The molecule has 28 heavy (non-hydrogen) atoms. The monoisotopic (exact) mass is 413 g/mol. The van der Waals surface area contributed by atoms with Gasteiger partial charge in [0.2, 0.25) is 5.91 Å². The van der Waals surface area contributed by atoms with Crippen molar-refractivity contribution >= 4 is 29.4 Å². The van der Waals surface area contributed by atoms with Gasteiger partial charge in [-0.25, -0.2) is 0 Å². The summed E-state index contributed by atoms with van der Waals surface area (Å²) in [4.78, 5) is 12.8. The van der Waals surface area contributed by atoms with Crippen LogP contribution in [0.5, 0.6) is 0 Å². The first-order valence-electron chi connectivity index (χ1n) is 10.3. The van der Waals surface area contributed by atoms with E-state index in [4.69, 9.17) is 0 Å². The van der Waals surface area contributed by atoms with Gasteiger partial charge in [-0.3, -0.25) is 9.48 Å². The molecule has 1 amide bonds. The summed E-state index contributed by atoms with van der Waals surface area (Å²) in [5.41, 5.74) is 2.38. The molecule has 1 N–H and O–H groups in total. The van der Waals surface area contributed by atoms with Crippen LogP contribution in [-0.2, 0) is 17.9 Å². The van der Waals surface area contributed by atoms with Crippen molar-refractivity contribution in [3.63, 3.8) is 0 Å². The average Bonchev–Trinajstić information content (AvgIpc) is 3.43. The molecule has 2 aliphatic carbocycles. The summed E-state index contributed by atoms with van der Waals surface area (Å²) in [6.45, 7) is 1.41. The molecule has 3 atom stereocenters. The Balaban J connectivity index is 1.15. The number of hydrogen-bond acceptors (Lipinski definition) is 4. The molecule has 2 saturated carbocycles. The number of hydrogen-bond donors (Lipinski definition) is 1. The molecule has 1 unspecified atom stereocenters. The molecule has 3 fully saturated rings. The van der Waals surface area contributed by atoms with Crippen molar-refractivity contribution in [2.75, 3.05) is 11.5 Å². The second kappa shape index (κ2) is 7.79. The maximum Gasteiger partial charge on any atom is 0.223 e. The molecule has 1 aromatic carbocycles. The summed E-state index contributed by atoms with van der Waals surface area (Å²) in [7, 11) is 0. The number of rotatable bonds is 5. The van der Waals surface area contributed by atoms with Gasteiger partial charge in [-0.15, -0.1) is 23.5 Å². The number of thioether (sulfide) groups is 2. The first-order valence-corrected chi connectivity index (χ1v) is 12.3. The van der Waals surface area contributed by atoms with Crippen molar-refractivity contribution in [2.45, 2.75) is 42.9 Å². The van der Waals surface area contributed by atoms with Crippen LogP contribution in [0.3, 0.4) is 0 Å². The third kappa shape index (κ3) is 3.50. The fourth-order valence-corrected chi connectivity index (χ4v) is 9.23. The molecule has 0 radical (unpaired) electrons. The van der Waals surface area contributed by atoms with E-state index >= 15 is 0 Å². The van der Waals surface area contributed by atoms with Crippen LogP contribution in [0.1, 0.15) is 36.8 Å². The van der Waals surface area contributed by atoms with Crippen LogP contribution in [0.25, 0.3) is 0 Å². The lowest BCUT2D eigenvalue weighted by molar-refractivity contribution is -0.126. The Labute approximate surface area is 175 Å². The van der Waals surface area contributed by atoms with Gasteiger partial charge in [0.15, 0.2) is 0 Å². The highest BCUT2D eigenvalue weighted by Gasteiger charge is 2.57. The van der Waals surface area contributed by atoms with E-state index in [0.717, 1.165) is 36.8 Å². The molecule has 2 aromatic rings. The van der Waals surface area contributed by atoms with Crippen LogP contribution < -0.4 is 5.32 Å². The molecule has 2 heterocycles. The Hall–Kier alpha value is -1.40. The second-order valence-electron chi connectivity index (χ2n) is 8.30. The highest BCUT2D eigenvalue weighted by molar-refractivity contribution is 8.21. The highest BCUT2D eigenvalue weighted by Crippen LogP contribution is 2.65. The van der Waals surface area contributed by atoms with Gasteiger partial charge in [0.1, 0.15) is 0 Å². The molecule has 1 aliphatic heterocycles. The lowest BCUT2D eigenvalue weighted by Crippen LogP contribution is -2.42. The first-order chi connectivity index (χ1) is 13.7. The van der Waals surface area contributed by atoms with Crippen LogP contribution in [0.15, 0.2) is 42.7 Å². The minimum absolute atomic E-state index is 0.212. The number of nitrogens with zero attached hydrogens (tertiary/aromatic N) is 2. The van der Waals surface area contributed by atoms with Gasteiger partial charge < -0.3 is 5.32 Å². The van der Waals surface area contributed by atoms with Crippen molar-refractivity contribution in [1.29, 1.82) is 0 Å². The molecule has 3 aliphatic rings. The van der Waals surface area contributed by atoms with Gasteiger partial charge >= 0.3 is 0 Å². The largest absolute Gasteiger partial charge is 0.352 e. The Morgan fingerprint density at radius 1 is 1.11 bits per heavy atom. The van der Waals surface area contributed by atoms with Crippen LogP contribution in [0.2, 0.25) is 0 Å². The fraction of sp³-hybridized carbons (Fsp3) is 0.545. The topological polar surface area (TPSA) is 46.9 Å². The third-order valence-electron chi connectivity index (χ3n) is 6.64. The summed E-state index contributed by atoms with van der Waals surface area (Å²) < 4.78 is 2.38. The Bertz CT molecular complexity index is 799. The molecule has 148 valence electrons. The number of nitrogens with one attached hydrogen (secondary N) is 1. The van der Waals surface area contributed by atoms with Crippen molar-refractivity contribution in [1.82, 2.24) is 15.1 Å². The van der Waals surface area contributed by atoms with Gasteiger partial charge in [0.05, 0.1) is 10.6 Å². The molecular formula is C22H27N3OS2. The van der Waals surface area contributed by atoms with Crippen LogP contribution >= 0.6 is 23.5 Å². The van der Waals surface area contributed by atoms with Gasteiger partial charge in [0, 0.05) is 36.4 Å². The predicted octanol–water partition coefficient (Wildman–Crippen LogP) is 4.16. The standard InChI is InChI=1S/C22H27N3OS2/c26-21(18-12-19-6-7-20(13-18)22(19)27-10-11-28-22)23-14-16-2-4-17(5-3-16)15-25-9-1-8-24-25/h1-5,8-9,18-20H,6-7,10-15H2,(H,23,26)/t18?,19-,20+. The zero-order valence-corrected chi connectivity index (χ0v) is 17.7. The Morgan fingerprint density at radius 3 is 2.43 bits per heavy atom. The lowest BCUT2D eigenvalue weighted by Gasteiger charge is -2.42. The van der Waals surface area contributed by atoms with Crippen molar-refractivity contribution in [3.8, 4) is 0 Å². The van der Waals surface area contributed by atoms with Crippen molar-refractivity contribution < 1.29 is 4.79 Å². The molecule has 6 heteroatoms. The van der Waals surface area contributed by atoms with E-state index in [0.29, 0.717) is 10.6 Å². The van der Waals surface area contributed by atoms with E-state index in [1.807, 2.05) is 16.9 Å².